The van der Waals surface area contributed by atoms with Gasteiger partial charge in [0.05, 0.1) is 11.8 Å². The van der Waals surface area contributed by atoms with Gasteiger partial charge in [-0.25, -0.2) is 0 Å². The molecule has 1 fully saturated rings. The Morgan fingerprint density at radius 3 is 2.90 bits per heavy atom. The normalized spacial score (nSPS) is 21.0. The predicted octanol–water partition coefficient (Wildman–Crippen LogP) is 3.23. The third kappa shape index (κ3) is 3.82. The Balaban J connectivity index is 1.27. The third-order valence-corrected chi connectivity index (χ3v) is 6.88. The van der Waals surface area contributed by atoms with Crippen molar-refractivity contribution in [3.8, 4) is 11.5 Å². The maximum atomic E-state index is 13.0. The van der Waals surface area contributed by atoms with E-state index in [1.807, 2.05) is 17.0 Å². The molecule has 7 nitrogen and oxygen atoms in total. The molecule has 0 spiro atoms. The summed E-state index contributed by atoms with van der Waals surface area (Å²) < 4.78 is 13.6. The van der Waals surface area contributed by atoms with Crippen LogP contribution in [0.1, 0.15) is 49.5 Å². The molecule has 1 atom stereocenters. The largest absolute Gasteiger partial charge is 0.486 e. The minimum absolute atomic E-state index is 0.106. The van der Waals surface area contributed by atoms with E-state index in [0.717, 1.165) is 66.8 Å². The second kappa shape index (κ2) is 8.26. The lowest BCUT2D eigenvalue weighted by atomic mass is 10.0. The molecule has 0 saturated carbocycles. The van der Waals surface area contributed by atoms with Crippen molar-refractivity contribution in [2.45, 2.75) is 56.3 Å². The SMILES string of the molecule is O=C(CSc1nnc2n1CCCCC2)N1CCCC1c1ccc2c(c1)OCCO2. The Morgan fingerprint density at radius 2 is 1.97 bits per heavy atom. The Hall–Kier alpha value is -2.22. The van der Waals surface area contributed by atoms with E-state index in [1.54, 1.807) is 0 Å². The minimum atomic E-state index is 0.106. The van der Waals surface area contributed by atoms with Crippen LogP contribution in [-0.2, 0) is 17.8 Å². The zero-order chi connectivity index (χ0) is 19.6. The average molecular weight is 415 g/mol. The summed E-state index contributed by atoms with van der Waals surface area (Å²) in [5, 5.41) is 9.56. The fourth-order valence-corrected chi connectivity index (χ4v) is 5.32. The summed E-state index contributed by atoms with van der Waals surface area (Å²) >= 11 is 1.52. The van der Waals surface area contributed by atoms with Gasteiger partial charge in [-0.15, -0.1) is 10.2 Å². The predicted molar refractivity (Wildman–Crippen MR) is 109 cm³/mol. The number of thioether (sulfide) groups is 1. The number of carbonyl (C=O) groups is 1. The molecule has 3 aliphatic rings. The molecule has 2 aromatic rings. The van der Waals surface area contributed by atoms with E-state index < -0.39 is 0 Å². The lowest BCUT2D eigenvalue weighted by Crippen LogP contribution is -2.32. The van der Waals surface area contributed by atoms with Crippen molar-refractivity contribution in [3.05, 3.63) is 29.6 Å². The van der Waals surface area contributed by atoms with Crippen LogP contribution in [0.3, 0.4) is 0 Å². The first kappa shape index (κ1) is 18.8. The van der Waals surface area contributed by atoms with Gasteiger partial charge in [0.25, 0.3) is 0 Å². The number of hydrogen-bond acceptors (Lipinski definition) is 6. The van der Waals surface area contributed by atoms with Gasteiger partial charge >= 0.3 is 0 Å². The molecule has 1 amide bonds. The summed E-state index contributed by atoms with van der Waals surface area (Å²) in [6, 6.07) is 6.17. The van der Waals surface area contributed by atoms with E-state index in [2.05, 4.69) is 20.8 Å². The number of benzene rings is 1. The van der Waals surface area contributed by atoms with Crippen LogP contribution in [0.15, 0.2) is 23.4 Å². The highest BCUT2D eigenvalue weighted by Gasteiger charge is 2.31. The number of aromatic nitrogens is 3. The molecule has 0 radical (unpaired) electrons. The van der Waals surface area contributed by atoms with Crippen LogP contribution >= 0.6 is 11.8 Å². The number of likely N-dealkylation sites (tertiary alicyclic amines) is 1. The second-order valence-corrected chi connectivity index (χ2v) is 8.74. The zero-order valence-electron chi connectivity index (χ0n) is 16.5. The fraction of sp³-hybridized carbons (Fsp3) is 0.571. The molecule has 1 saturated heterocycles. The number of carbonyl (C=O) groups excluding carboxylic acids is 1. The molecule has 3 aliphatic heterocycles. The van der Waals surface area contributed by atoms with Crippen LogP contribution in [0.4, 0.5) is 0 Å². The Bertz CT molecular complexity index is 900. The topological polar surface area (TPSA) is 69.5 Å². The minimum Gasteiger partial charge on any atom is -0.486 e. The first-order valence-electron chi connectivity index (χ1n) is 10.5. The highest BCUT2D eigenvalue weighted by Crippen LogP contribution is 2.38. The van der Waals surface area contributed by atoms with Crippen LogP contribution in [0.25, 0.3) is 0 Å². The fourth-order valence-electron chi connectivity index (χ4n) is 4.45. The highest BCUT2D eigenvalue weighted by molar-refractivity contribution is 7.99. The third-order valence-electron chi connectivity index (χ3n) is 5.92. The molecular formula is C21H26N4O3S. The van der Waals surface area contributed by atoms with Crippen LogP contribution < -0.4 is 9.47 Å². The molecule has 1 aromatic carbocycles. The maximum absolute atomic E-state index is 13.0. The van der Waals surface area contributed by atoms with Gasteiger partial charge in [-0.3, -0.25) is 4.79 Å². The molecule has 0 N–H and O–H groups in total. The van der Waals surface area contributed by atoms with Gasteiger partial charge in [0.1, 0.15) is 19.0 Å². The van der Waals surface area contributed by atoms with E-state index >= 15 is 0 Å². The lowest BCUT2D eigenvalue weighted by molar-refractivity contribution is -0.129. The van der Waals surface area contributed by atoms with Gasteiger partial charge in [0, 0.05) is 19.5 Å². The molecule has 0 bridgehead atoms. The van der Waals surface area contributed by atoms with Gasteiger partial charge in [0.2, 0.25) is 5.91 Å². The van der Waals surface area contributed by atoms with Crippen molar-refractivity contribution in [1.29, 1.82) is 0 Å². The molecule has 1 aromatic heterocycles. The van der Waals surface area contributed by atoms with Crippen molar-refractivity contribution in [2.24, 2.45) is 0 Å². The quantitative estimate of drug-likeness (QED) is 0.716. The van der Waals surface area contributed by atoms with E-state index in [9.17, 15) is 4.79 Å². The van der Waals surface area contributed by atoms with Crippen molar-refractivity contribution >= 4 is 17.7 Å². The van der Waals surface area contributed by atoms with Gasteiger partial charge in [-0.1, -0.05) is 24.2 Å². The number of amides is 1. The summed E-state index contributed by atoms with van der Waals surface area (Å²) in [7, 11) is 0. The molecule has 0 aliphatic carbocycles. The number of rotatable bonds is 4. The van der Waals surface area contributed by atoms with Crippen molar-refractivity contribution in [1.82, 2.24) is 19.7 Å². The lowest BCUT2D eigenvalue weighted by Gasteiger charge is -2.26. The van der Waals surface area contributed by atoms with Gasteiger partial charge in [-0.2, -0.15) is 0 Å². The van der Waals surface area contributed by atoms with Crippen molar-refractivity contribution in [2.75, 3.05) is 25.5 Å². The number of hydrogen-bond donors (Lipinski definition) is 0. The monoisotopic (exact) mass is 414 g/mol. The summed E-state index contributed by atoms with van der Waals surface area (Å²) in [6.07, 6.45) is 6.56. The average Bonchev–Trinajstić information content (AvgIpc) is 3.33. The summed E-state index contributed by atoms with van der Waals surface area (Å²) in [5.41, 5.74) is 1.13. The van der Waals surface area contributed by atoms with Gasteiger partial charge < -0.3 is 18.9 Å². The van der Waals surface area contributed by atoms with Crippen LogP contribution in [0.5, 0.6) is 11.5 Å². The van der Waals surface area contributed by atoms with E-state index in [0.29, 0.717) is 19.0 Å². The molecule has 154 valence electrons. The number of aryl methyl sites for hydroxylation is 1. The number of fused-ring (bicyclic) bond motifs is 2. The Kier molecular flexibility index (Phi) is 5.35. The summed E-state index contributed by atoms with van der Waals surface area (Å²) in [6.45, 7) is 2.92. The van der Waals surface area contributed by atoms with Crippen LogP contribution in [-0.4, -0.2) is 51.1 Å². The van der Waals surface area contributed by atoms with Crippen LogP contribution in [0, 0.1) is 0 Å². The molecule has 29 heavy (non-hydrogen) atoms. The summed E-state index contributed by atoms with van der Waals surface area (Å²) in [5.74, 6) is 3.21. The Labute approximate surface area is 174 Å². The second-order valence-electron chi connectivity index (χ2n) is 7.80. The highest BCUT2D eigenvalue weighted by atomic mass is 32.2. The van der Waals surface area contributed by atoms with Gasteiger partial charge in [0.15, 0.2) is 16.7 Å². The van der Waals surface area contributed by atoms with E-state index in [4.69, 9.17) is 9.47 Å². The standard InChI is InChI=1S/C21H26N4O3S/c26-20(14-29-21-23-22-19-6-2-1-3-9-25(19)21)24-10-4-5-16(24)15-7-8-17-18(13-15)28-12-11-27-17/h7-8,13,16H,1-6,9-12,14H2. The van der Waals surface area contributed by atoms with Crippen LogP contribution in [0.2, 0.25) is 0 Å². The molecule has 1 unspecified atom stereocenters. The first-order valence-corrected chi connectivity index (χ1v) is 11.5. The molecule has 5 rings (SSSR count). The number of nitrogens with zero attached hydrogens (tertiary/aromatic N) is 4. The first-order chi connectivity index (χ1) is 14.3. The van der Waals surface area contributed by atoms with Gasteiger partial charge in [-0.05, 0) is 43.4 Å². The maximum Gasteiger partial charge on any atom is 0.233 e. The molecule has 4 heterocycles. The zero-order valence-corrected chi connectivity index (χ0v) is 17.3. The van der Waals surface area contributed by atoms with E-state index in [1.165, 1.54) is 24.6 Å². The smallest absolute Gasteiger partial charge is 0.233 e. The molecule has 8 heteroatoms. The molecular weight excluding hydrogens is 388 g/mol. The van der Waals surface area contributed by atoms with E-state index in [-0.39, 0.29) is 11.9 Å². The summed E-state index contributed by atoms with van der Waals surface area (Å²) in [4.78, 5) is 15.1. The number of ether oxygens (including phenoxy) is 2. The van der Waals surface area contributed by atoms with Crippen molar-refractivity contribution < 1.29 is 14.3 Å². The Morgan fingerprint density at radius 1 is 1.07 bits per heavy atom. The van der Waals surface area contributed by atoms with Crippen molar-refractivity contribution in [3.63, 3.8) is 0 Å².